The maximum absolute atomic E-state index is 10.9. The Morgan fingerprint density at radius 1 is 1.67 bits per heavy atom. The smallest absolute Gasteiger partial charge is 0.307 e. The standard InChI is InChI=1S/C10H17N3O2/c1-8-9(3-5-11)7-13(12-8)6-4-10(14)15-2/h7H,3-6,11H2,1-2H3. The number of aryl methyl sites for hydroxylation is 2. The normalized spacial score (nSPS) is 10.3. The molecule has 0 saturated carbocycles. The summed E-state index contributed by atoms with van der Waals surface area (Å²) in [4.78, 5) is 10.9. The zero-order chi connectivity index (χ0) is 11.3. The highest BCUT2D eigenvalue weighted by atomic mass is 16.5. The number of carbonyl (C=O) groups is 1. The molecule has 84 valence electrons. The largest absolute Gasteiger partial charge is 0.469 e. The molecule has 1 rings (SSSR count). The van der Waals surface area contributed by atoms with Gasteiger partial charge in [0.05, 0.1) is 25.8 Å². The van der Waals surface area contributed by atoms with E-state index in [1.165, 1.54) is 7.11 Å². The molecule has 0 saturated heterocycles. The van der Waals surface area contributed by atoms with Crippen molar-refractivity contribution in [2.45, 2.75) is 26.3 Å². The molecule has 2 N–H and O–H groups in total. The van der Waals surface area contributed by atoms with Crippen LogP contribution >= 0.6 is 0 Å². The molecule has 0 radical (unpaired) electrons. The van der Waals surface area contributed by atoms with Crippen LogP contribution in [0.25, 0.3) is 0 Å². The predicted octanol–water partition coefficient (Wildman–Crippen LogP) is 0.256. The first-order valence-electron chi connectivity index (χ1n) is 4.97. The van der Waals surface area contributed by atoms with Gasteiger partial charge in [-0.3, -0.25) is 9.48 Å². The van der Waals surface area contributed by atoms with E-state index in [2.05, 4.69) is 9.84 Å². The summed E-state index contributed by atoms with van der Waals surface area (Å²) in [7, 11) is 1.39. The Hall–Kier alpha value is -1.36. The van der Waals surface area contributed by atoms with Gasteiger partial charge in [-0.15, -0.1) is 0 Å². The number of carbonyl (C=O) groups excluding carboxylic acids is 1. The zero-order valence-corrected chi connectivity index (χ0v) is 9.19. The topological polar surface area (TPSA) is 70.1 Å². The third kappa shape index (κ3) is 3.36. The van der Waals surface area contributed by atoms with Crippen molar-refractivity contribution in [1.29, 1.82) is 0 Å². The van der Waals surface area contributed by atoms with E-state index in [0.29, 0.717) is 19.5 Å². The van der Waals surface area contributed by atoms with Crippen LogP contribution in [0.5, 0.6) is 0 Å². The van der Waals surface area contributed by atoms with E-state index in [0.717, 1.165) is 17.7 Å². The summed E-state index contributed by atoms with van der Waals surface area (Å²) >= 11 is 0. The van der Waals surface area contributed by atoms with Crippen LogP contribution in [0.3, 0.4) is 0 Å². The van der Waals surface area contributed by atoms with Crippen molar-refractivity contribution >= 4 is 5.97 Å². The fourth-order valence-corrected chi connectivity index (χ4v) is 1.38. The first-order valence-corrected chi connectivity index (χ1v) is 4.97. The molecular weight excluding hydrogens is 194 g/mol. The van der Waals surface area contributed by atoms with Crippen LogP contribution in [-0.2, 0) is 22.5 Å². The Kier molecular flexibility index (Phi) is 4.30. The number of hydrogen-bond donors (Lipinski definition) is 1. The number of hydrogen-bond acceptors (Lipinski definition) is 4. The van der Waals surface area contributed by atoms with Gasteiger partial charge in [0.2, 0.25) is 0 Å². The lowest BCUT2D eigenvalue weighted by atomic mass is 10.2. The summed E-state index contributed by atoms with van der Waals surface area (Å²) in [5.74, 6) is -0.219. The molecule has 1 aromatic rings. The molecule has 0 aromatic carbocycles. The van der Waals surface area contributed by atoms with E-state index in [9.17, 15) is 4.79 Å². The number of esters is 1. The van der Waals surface area contributed by atoms with Crippen LogP contribution in [0.15, 0.2) is 6.20 Å². The molecule has 0 amide bonds. The molecular formula is C10H17N3O2. The summed E-state index contributed by atoms with van der Waals surface area (Å²) < 4.78 is 6.32. The summed E-state index contributed by atoms with van der Waals surface area (Å²) in [6, 6.07) is 0. The second kappa shape index (κ2) is 5.50. The van der Waals surface area contributed by atoms with Crippen molar-refractivity contribution in [3.63, 3.8) is 0 Å². The van der Waals surface area contributed by atoms with Gasteiger partial charge in [0.15, 0.2) is 0 Å². The van der Waals surface area contributed by atoms with E-state index in [1.54, 1.807) is 4.68 Å². The predicted molar refractivity (Wildman–Crippen MR) is 56.4 cm³/mol. The molecule has 0 aliphatic rings. The molecule has 1 heterocycles. The van der Waals surface area contributed by atoms with Gasteiger partial charge in [-0.05, 0) is 25.5 Å². The average molecular weight is 211 g/mol. The van der Waals surface area contributed by atoms with Crippen LogP contribution < -0.4 is 5.73 Å². The van der Waals surface area contributed by atoms with E-state index in [4.69, 9.17) is 5.73 Å². The third-order valence-electron chi connectivity index (χ3n) is 2.23. The maximum Gasteiger partial charge on any atom is 0.307 e. The fourth-order valence-electron chi connectivity index (χ4n) is 1.38. The third-order valence-corrected chi connectivity index (χ3v) is 2.23. The quantitative estimate of drug-likeness (QED) is 0.709. The Balaban J connectivity index is 2.55. The molecule has 0 aliphatic carbocycles. The minimum Gasteiger partial charge on any atom is -0.469 e. The molecule has 5 nitrogen and oxygen atoms in total. The van der Waals surface area contributed by atoms with Crippen molar-refractivity contribution in [2.24, 2.45) is 5.73 Å². The molecule has 0 spiro atoms. The lowest BCUT2D eigenvalue weighted by molar-refractivity contribution is -0.140. The van der Waals surface area contributed by atoms with Crippen molar-refractivity contribution in [2.75, 3.05) is 13.7 Å². The minimum absolute atomic E-state index is 0.219. The minimum atomic E-state index is -0.219. The highest BCUT2D eigenvalue weighted by molar-refractivity contribution is 5.68. The molecule has 0 bridgehead atoms. The van der Waals surface area contributed by atoms with Gasteiger partial charge in [0.25, 0.3) is 0 Å². The second-order valence-electron chi connectivity index (χ2n) is 3.37. The Morgan fingerprint density at radius 3 is 3.00 bits per heavy atom. The van der Waals surface area contributed by atoms with Gasteiger partial charge in [0.1, 0.15) is 0 Å². The highest BCUT2D eigenvalue weighted by Gasteiger charge is 2.05. The number of nitrogens with two attached hydrogens (primary N) is 1. The van der Waals surface area contributed by atoms with Crippen molar-refractivity contribution in [3.05, 3.63) is 17.5 Å². The number of ether oxygens (including phenoxy) is 1. The number of nitrogens with zero attached hydrogens (tertiary/aromatic N) is 2. The highest BCUT2D eigenvalue weighted by Crippen LogP contribution is 2.06. The van der Waals surface area contributed by atoms with Gasteiger partial charge >= 0.3 is 5.97 Å². The number of aromatic nitrogens is 2. The van der Waals surface area contributed by atoms with Gasteiger partial charge in [0, 0.05) is 6.20 Å². The summed E-state index contributed by atoms with van der Waals surface area (Å²) in [5.41, 5.74) is 7.59. The summed E-state index contributed by atoms with van der Waals surface area (Å²) in [6.07, 6.45) is 3.11. The summed E-state index contributed by atoms with van der Waals surface area (Å²) in [6.45, 7) is 3.11. The van der Waals surface area contributed by atoms with E-state index in [1.807, 2.05) is 13.1 Å². The number of methoxy groups -OCH3 is 1. The van der Waals surface area contributed by atoms with Crippen molar-refractivity contribution < 1.29 is 9.53 Å². The van der Waals surface area contributed by atoms with Gasteiger partial charge in [-0.2, -0.15) is 5.10 Å². The van der Waals surface area contributed by atoms with E-state index >= 15 is 0 Å². The van der Waals surface area contributed by atoms with Gasteiger partial charge in [-0.25, -0.2) is 0 Å². The Labute approximate surface area is 89.2 Å². The molecule has 0 atom stereocenters. The van der Waals surface area contributed by atoms with Gasteiger partial charge in [-0.1, -0.05) is 0 Å². The summed E-state index contributed by atoms with van der Waals surface area (Å²) in [5, 5.41) is 4.29. The maximum atomic E-state index is 10.9. The first-order chi connectivity index (χ1) is 7.17. The average Bonchev–Trinajstić information content (AvgIpc) is 2.57. The monoisotopic (exact) mass is 211 g/mol. The van der Waals surface area contributed by atoms with E-state index in [-0.39, 0.29) is 5.97 Å². The molecule has 0 unspecified atom stereocenters. The van der Waals surface area contributed by atoms with Crippen LogP contribution in [0.1, 0.15) is 17.7 Å². The second-order valence-corrected chi connectivity index (χ2v) is 3.37. The SMILES string of the molecule is COC(=O)CCn1cc(CCN)c(C)n1. The van der Waals surface area contributed by atoms with Gasteiger partial charge < -0.3 is 10.5 Å². The molecule has 0 aliphatic heterocycles. The van der Waals surface area contributed by atoms with E-state index < -0.39 is 0 Å². The van der Waals surface area contributed by atoms with Crippen LogP contribution in [0, 0.1) is 6.92 Å². The number of rotatable bonds is 5. The lowest BCUT2D eigenvalue weighted by Gasteiger charge is -1.99. The lowest BCUT2D eigenvalue weighted by Crippen LogP contribution is -2.07. The molecule has 0 fully saturated rings. The fraction of sp³-hybridized carbons (Fsp3) is 0.600. The van der Waals surface area contributed by atoms with Crippen molar-refractivity contribution in [3.8, 4) is 0 Å². The molecule has 15 heavy (non-hydrogen) atoms. The molecule has 5 heteroatoms. The zero-order valence-electron chi connectivity index (χ0n) is 9.19. The van der Waals surface area contributed by atoms with Crippen LogP contribution in [0.4, 0.5) is 0 Å². The van der Waals surface area contributed by atoms with Crippen LogP contribution in [-0.4, -0.2) is 29.4 Å². The Bertz CT molecular complexity index is 333. The molecule has 1 aromatic heterocycles. The first kappa shape index (κ1) is 11.7. The van der Waals surface area contributed by atoms with Crippen LogP contribution in [0.2, 0.25) is 0 Å². The Morgan fingerprint density at radius 2 is 2.40 bits per heavy atom. The van der Waals surface area contributed by atoms with Crippen molar-refractivity contribution in [1.82, 2.24) is 9.78 Å².